The lowest BCUT2D eigenvalue weighted by molar-refractivity contribution is 0.104. The van der Waals surface area contributed by atoms with Crippen molar-refractivity contribution in [2.24, 2.45) is 0 Å². The number of hydrogen-bond donors (Lipinski definition) is 2. The highest BCUT2D eigenvalue weighted by atomic mass is 16.1. The summed E-state index contributed by atoms with van der Waals surface area (Å²) in [4.78, 5) is 13.1. The van der Waals surface area contributed by atoms with Gasteiger partial charge in [-0.1, -0.05) is 72.8 Å². The van der Waals surface area contributed by atoms with Crippen molar-refractivity contribution in [2.45, 2.75) is 0 Å². The molecule has 4 aromatic rings. The zero-order valence-corrected chi connectivity index (χ0v) is 17.5. The summed E-state index contributed by atoms with van der Waals surface area (Å²) in [6.07, 6.45) is 8.08. The van der Waals surface area contributed by atoms with Crippen LogP contribution in [0.15, 0.2) is 84.9 Å². The fraction of sp³-hybridized carbons (Fsp3) is 0. The highest BCUT2D eigenvalue weighted by molar-refractivity contribution is 6.22. The number of benzene rings is 4. The highest BCUT2D eigenvalue weighted by Gasteiger charge is 2.26. The second-order valence-corrected chi connectivity index (χ2v) is 7.94. The van der Waals surface area contributed by atoms with Gasteiger partial charge in [-0.05, 0) is 69.8 Å². The number of hydrogen-bond acceptors (Lipinski definition) is 3. The summed E-state index contributed by atoms with van der Waals surface area (Å²) in [6, 6.07) is 27.5. The Labute approximate surface area is 187 Å². The van der Waals surface area contributed by atoms with E-state index in [2.05, 4.69) is 0 Å². The number of carbonyl (C=O) groups excluding carboxylic acids is 1. The zero-order valence-electron chi connectivity index (χ0n) is 17.5. The third-order valence-corrected chi connectivity index (χ3v) is 5.68. The lowest BCUT2D eigenvalue weighted by Gasteiger charge is -2.02. The molecule has 0 bridgehead atoms. The monoisotopic (exact) mass is 414 g/mol. The molecule has 0 saturated heterocycles. The molecular formula is C29H22N2O. The quantitative estimate of drug-likeness (QED) is 0.264. The number of rotatable bonds is 4. The molecule has 0 saturated carbocycles. The first-order valence-electron chi connectivity index (χ1n) is 10.5. The van der Waals surface area contributed by atoms with E-state index in [1.54, 1.807) is 0 Å². The third kappa shape index (κ3) is 3.84. The summed E-state index contributed by atoms with van der Waals surface area (Å²) in [7, 11) is 0. The maximum atomic E-state index is 13.1. The van der Waals surface area contributed by atoms with E-state index in [1.807, 2.05) is 109 Å². The average Bonchev–Trinajstić information content (AvgIpc) is 3.09. The van der Waals surface area contributed by atoms with Gasteiger partial charge in [0.25, 0.3) is 0 Å². The summed E-state index contributed by atoms with van der Waals surface area (Å²) < 4.78 is 0. The minimum atomic E-state index is 0.0699. The van der Waals surface area contributed by atoms with Gasteiger partial charge in [-0.3, -0.25) is 4.79 Å². The summed E-state index contributed by atoms with van der Waals surface area (Å²) >= 11 is 0. The van der Waals surface area contributed by atoms with Crippen molar-refractivity contribution in [1.82, 2.24) is 0 Å². The van der Waals surface area contributed by atoms with Gasteiger partial charge in [0.05, 0.1) is 0 Å². The molecular weight excluding hydrogens is 392 g/mol. The van der Waals surface area contributed by atoms with Crippen LogP contribution in [-0.2, 0) is 0 Å². The molecule has 4 N–H and O–H groups in total. The fourth-order valence-electron chi connectivity index (χ4n) is 3.92. The minimum Gasteiger partial charge on any atom is -0.399 e. The number of fused-ring (bicyclic) bond motifs is 3. The van der Waals surface area contributed by atoms with Gasteiger partial charge in [-0.2, -0.15) is 0 Å². The first kappa shape index (κ1) is 19.6. The number of nitrogen functional groups attached to an aromatic ring is 2. The SMILES string of the molecule is Nc1ccc(C=Cc2ccc3c(c2)C(=O)c2cc(C=Cc4ccc(N)cc4)ccc2-3)cc1. The molecule has 0 atom stereocenters. The number of anilines is 2. The van der Waals surface area contributed by atoms with Crippen LogP contribution in [0.1, 0.15) is 38.2 Å². The maximum absolute atomic E-state index is 13.1. The summed E-state index contributed by atoms with van der Waals surface area (Å²) in [5.74, 6) is 0.0699. The Morgan fingerprint density at radius 1 is 0.438 bits per heavy atom. The van der Waals surface area contributed by atoms with E-state index in [4.69, 9.17) is 11.5 Å². The molecule has 1 aliphatic carbocycles. The van der Waals surface area contributed by atoms with Gasteiger partial charge in [-0.25, -0.2) is 0 Å². The van der Waals surface area contributed by atoms with Crippen molar-refractivity contribution >= 4 is 41.5 Å². The van der Waals surface area contributed by atoms with Crippen molar-refractivity contribution < 1.29 is 4.79 Å². The van der Waals surface area contributed by atoms with Crippen LogP contribution in [0.25, 0.3) is 35.4 Å². The van der Waals surface area contributed by atoms with Gasteiger partial charge in [0, 0.05) is 22.5 Å². The summed E-state index contributed by atoms with van der Waals surface area (Å²) in [6.45, 7) is 0. The van der Waals surface area contributed by atoms with E-state index >= 15 is 0 Å². The Hall–Kier alpha value is -4.37. The molecule has 1 aliphatic rings. The number of ketones is 1. The highest BCUT2D eigenvalue weighted by Crippen LogP contribution is 2.38. The van der Waals surface area contributed by atoms with Crippen LogP contribution in [0.4, 0.5) is 11.4 Å². The predicted molar refractivity (Wildman–Crippen MR) is 135 cm³/mol. The van der Waals surface area contributed by atoms with Gasteiger partial charge in [0.1, 0.15) is 0 Å². The van der Waals surface area contributed by atoms with Crippen LogP contribution in [0, 0.1) is 0 Å². The van der Waals surface area contributed by atoms with Crippen LogP contribution >= 0.6 is 0 Å². The molecule has 0 radical (unpaired) electrons. The van der Waals surface area contributed by atoms with Gasteiger partial charge < -0.3 is 11.5 Å². The van der Waals surface area contributed by atoms with E-state index in [9.17, 15) is 4.79 Å². The third-order valence-electron chi connectivity index (χ3n) is 5.68. The van der Waals surface area contributed by atoms with Crippen molar-refractivity contribution in [2.75, 3.05) is 11.5 Å². The first-order chi connectivity index (χ1) is 15.6. The minimum absolute atomic E-state index is 0.0699. The predicted octanol–water partition coefficient (Wildman–Crippen LogP) is 6.40. The lowest BCUT2D eigenvalue weighted by Crippen LogP contribution is -1.95. The average molecular weight is 415 g/mol. The second kappa shape index (κ2) is 8.05. The molecule has 3 heteroatoms. The number of nitrogens with two attached hydrogens (primary N) is 2. The van der Waals surface area contributed by atoms with Gasteiger partial charge in [-0.15, -0.1) is 0 Å². The molecule has 0 aromatic heterocycles. The van der Waals surface area contributed by atoms with Crippen LogP contribution in [0.3, 0.4) is 0 Å². The Morgan fingerprint density at radius 3 is 1.19 bits per heavy atom. The molecule has 5 rings (SSSR count). The molecule has 0 aliphatic heterocycles. The molecule has 4 aromatic carbocycles. The summed E-state index contributed by atoms with van der Waals surface area (Å²) in [5.41, 5.74) is 20.6. The topological polar surface area (TPSA) is 69.1 Å². The molecule has 32 heavy (non-hydrogen) atoms. The number of carbonyl (C=O) groups is 1. The summed E-state index contributed by atoms with van der Waals surface area (Å²) in [5, 5.41) is 0. The molecule has 0 unspecified atom stereocenters. The van der Waals surface area contributed by atoms with Crippen LogP contribution < -0.4 is 11.5 Å². The molecule has 0 heterocycles. The normalized spacial score (nSPS) is 12.4. The fourth-order valence-corrected chi connectivity index (χ4v) is 3.92. The Kier molecular flexibility index (Phi) is 4.92. The van der Waals surface area contributed by atoms with Gasteiger partial charge in [0.2, 0.25) is 0 Å². The van der Waals surface area contributed by atoms with E-state index in [0.29, 0.717) is 0 Å². The Morgan fingerprint density at radius 2 is 0.781 bits per heavy atom. The van der Waals surface area contributed by atoms with Gasteiger partial charge in [0.15, 0.2) is 5.78 Å². The van der Waals surface area contributed by atoms with Crippen LogP contribution in [0.2, 0.25) is 0 Å². The van der Waals surface area contributed by atoms with Crippen molar-refractivity contribution in [3.8, 4) is 11.1 Å². The largest absolute Gasteiger partial charge is 0.399 e. The molecule has 0 spiro atoms. The standard InChI is InChI=1S/C29H22N2O/c30-23-11-5-19(6-12-23)1-3-21-9-15-25-26-16-10-22(18-28(26)29(32)27(25)17-21)4-2-20-7-13-24(31)14-8-20/h1-18H,30-31H2. The van der Waals surface area contributed by atoms with Crippen molar-refractivity contribution in [1.29, 1.82) is 0 Å². The molecule has 0 amide bonds. The van der Waals surface area contributed by atoms with Crippen LogP contribution in [0.5, 0.6) is 0 Å². The van der Waals surface area contributed by atoms with E-state index in [0.717, 1.165) is 55.9 Å². The van der Waals surface area contributed by atoms with Crippen molar-refractivity contribution in [3.63, 3.8) is 0 Å². The maximum Gasteiger partial charge on any atom is 0.194 e. The molecule has 3 nitrogen and oxygen atoms in total. The smallest absolute Gasteiger partial charge is 0.194 e. The van der Waals surface area contributed by atoms with Crippen LogP contribution in [-0.4, -0.2) is 5.78 Å². The molecule has 0 fully saturated rings. The van der Waals surface area contributed by atoms with E-state index in [1.165, 1.54) is 0 Å². The Bertz CT molecular complexity index is 1270. The van der Waals surface area contributed by atoms with Gasteiger partial charge >= 0.3 is 0 Å². The zero-order chi connectivity index (χ0) is 22.1. The van der Waals surface area contributed by atoms with E-state index in [-0.39, 0.29) is 5.78 Å². The lowest BCUT2D eigenvalue weighted by atomic mass is 10.0. The first-order valence-corrected chi connectivity index (χ1v) is 10.5. The Balaban J connectivity index is 1.40. The second-order valence-electron chi connectivity index (χ2n) is 7.94. The van der Waals surface area contributed by atoms with E-state index < -0.39 is 0 Å². The molecule has 154 valence electrons. The van der Waals surface area contributed by atoms with Crippen molar-refractivity contribution in [3.05, 3.63) is 118 Å².